The molecule has 5 heteroatoms. The summed E-state index contributed by atoms with van der Waals surface area (Å²) in [5, 5.41) is 1.21. The molecule has 1 atom stereocenters. The van der Waals surface area contributed by atoms with Gasteiger partial charge in [0.25, 0.3) is 0 Å². The van der Waals surface area contributed by atoms with Crippen LogP contribution in [0.3, 0.4) is 0 Å². The number of hydrogen-bond acceptors (Lipinski definition) is 3. The smallest absolute Gasteiger partial charge is 0.409 e. The highest BCUT2D eigenvalue weighted by Crippen LogP contribution is 2.30. The molecule has 1 aromatic carbocycles. The van der Waals surface area contributed by atoms with E-state index in [9.17, 15) is 4.79 Å². The number of ether oxygens (including phenoxy) is 1. The van der Waals surface area contributed by atoms with Crippen LogP contribution >= 0.6 is 12.4 Å². The lowest BCUT2D eigenvalue weighted by molar-refractivity contribution is 0.107. The topological polar surface area (TPSA) is 42.4 Å². The summed E-state index contributed by atoms with van der Waals surface area (Å²) in [5.41, 5.74) is 4.74. The Morgan fingerprint density at radius 1 is 1.39 bits per heavy atom. The fraction of sp³-hybridized carbons (Fsp3) is 0.444. The zero-order chi connectivity index (χ0) is 15.7. The molecule has 124 valence electrons. The minimum atomic E-state index is -0.218. The zero-order valence-electron chi connectivity index (χ0n) is 13.8. The second-order valence-electron chi connectivity index (χ2n) is 5.91. The Balaban J connectivity index is 0.00000192. The van der Waals surface area contributed by atoms with Crippen LogP contribution in [0.15, 0.2) is 24.3 Å². The second kappa shape index (κ2) is 7.18. The molecule has 0 aliphatic carbocycles. The van der Waals surface area contributed by atoms with Gasteiger partial charge in [-0.25, -0.2) is 4.79 Å². The van der Waals surface area contributed by atoms with Gasteiger partial charge in [0.05, 0.1) is 12.1 Å². The third-order valence-electron chi connectivity index (χ3n) is 4.43. The summed E-state index contributed by atoms with van der Waals surface area (Å²) in [5.74, 6) is 0.213. The Morgan fingerprint density at radius 2 is 2.13 bits per heavy atom. The lowest BCUT2D eigenvalue weighted by Crippen LogP contribution is -2.34. The number of benzene rings is 1. The van der Waals surface area contributed by atoms with Gasteiger partial charge in [-0.15, -0.1) is 12.4 Å². The highest BCUT2D eigenvalue weighted by Gasteiger charge is 2.26. The molecule has 1 aliphatic rings. The number of para-hydroxylation sites is 1. The number of carbonyl (C=O) groups is 1. The fourth-order valence-corrected chi connectivity index (χ4v) is 3.30. The van der Waals surface area contributed by atoms with E-state index in [1.807, 2.05) is 13.0 Å². The van der Waals surface area contributed by atoms with Crippen molar-refractivity contribution in [2.45, 2.75) is 33.1 Å². The number of halogens is 1. The van der Waals surface area contributed by atoms with Gasteiger partial charge in [0.2, 0.25) is 0 Å². The summed E-state index contributed by atoms with van der Waals surface area (Å²) in [7, 11) is 0. The van der Waals surface area contributed by atoms with E-state index in [0.29, 0.717) is 19.7 Å². The van der Waals surface area contributed by atoms with Gasteiger partial charge in [0.1, 0.15) is 0 Å². The van der Waals surface area contributed by atoms with Crippen LogP contribution in [0.1, 0.15) is 36.6 Å². The lowest BCUT2D eigenvalue weighted by Gasteiger charge is -2.21. The minimum Gasteiger partial charge on any atom is -0.450 e. The Morgan fingerprint density at radius 3 is 2.87 bits per heavy atom. The SMILES string of the molecule is CCOC(=O)N1CCc2c(nc3ccccc3c2C)C(C)C1.Cl. The van der Waals surface area contributed by atoms with E-state index in [2.05, 4.69) is 32.0 Å². The van der Waals surface area contributed by atoms with Crippen LogP contribution in [-0.4, -0.2) is 35.7 Å². The molecule has 3 rings (SSSR count). The van der Waals surface area contributed by atoms with Crippen LogP contribution in [0, 0.1) is 6.92 Å². The monoisotopic (exact) mass is 334 g/mol. The number of aromatic nitrogens is 1. The van der Waals surface area contributed by atoms with Crippen molar-refractivity contribution in [3.63, 3.8) is 0 Å². The summed E-state index contributed by atoms with van der Waals surface area (Å²) in [6.45, 7) is 7.91. The van der Waals surface area contributed by atoms with E-state index in [0.717, 1.165) is 17.6 Å². The van der Waals surface area contributed by atoms with Crippen molar-refractivity contribution >= 4 is 29.4 Å². The molecule has 0 saturated carbocycles. The molecule has 0 spiro atoms. The van der Waals surface area contributed by atoms with E-state index < -0.39 is 0 Å². The molecule has 1 amide bonds. The molecule has 0 radical (unpaired) electrons. The van der Waals surface area contributed by atoms with Gasteiger partial charge in [0.15, 0.2) is 0 Å². The normalized spacial score (nSPS) is 17.2. The number of amides is 1. The predicted molar refractivity (Wildman–Crippen MR) is 94.4 cm³/mol. The maximum Gasteiger partial charge on any atom is 0.409 e. The van der Waals surface area contributed by atoms with Crippen molar-refractivity contribution in [2.24, 2.45) is 0 Å². The first-order valence-corrected chi connectivity index (χ1v) is 7.91. The maximum atomic E-state index is 12.0. The number of pyridine rings is 1. The number of carbonyl (C=O) groups excluding carboxylic acids is 1. The van der Waals surface area contributed by atoms with Crippen LogP contribution in [0.25, 0.3) is 10.9 Å². The van der Waals surface area contributed by atoms with Crippen molar-refractivity contribution < 1.29 is 9.53 Å². The van der Waals surface area contributed by atoms with Gasteiger partial charge < -0.3 is 9.64 Å². The van der Waals surface area contributed by atoms with Crippen molar-refractivity contribution in [1.82, 2.24) is 9.88 Å². The number of hydrogen-bond donors (Lipinski definition) is 0. The van der Waals surface area contributed by atoms with Gasteiger partial charge in [-0.05, 0) is 37.5 Å². The largest absolute Gasteiger partial charge is 0.450 e. The molecule has 4 nitrogen and oxygen atoms in total. The lowest BCUT2D eigenvalue weighted by atomic mass is 9.94. The molecular weight excluding hydrogens is 312 g/mol. The summed E-state index contributed by atoms with van der Waals surface area (Å²) in [4.78, 5) is 18.7. The van der Waals surface area contributed by atoms with Crippen molar-refractivity contribution in [1.29, 1.82) is 0 Å². The number of aryl methyl sites for hydroxylation is 1. The van der Waals surface area contributed by atoms with Gasteiger partial charge in [0, 0.05) is 30.1 Å². The molecule has 1 aliphatic heterocycles. The summed E-state index contributed by atoms with van der Waals surface area (Å²) in [6.07, 6.45) is 0.617. The zero-order valence-corrected chi connectivity index (χ0v) is 14.7. The molecule has 23 heavy (non-hydrogen) atoms. The minimum absolute atomic E-state index is 0. The number of fused-ring (bicyclic) bond motifs is 2. The summed E-state index contributed by atoms with van der Waals surface area (Å²) in [6, 6.07) is 8.25. The second-order valence-corrected chi connectivity index (χ2v) is 5.91. The molecule has 0 fully saturated rings. The Hall–Kier alpha value is -1.81. The van der Waals surface area contributed by atoms with E-state index in [-0.39, 0.29) is 24.4 Å². The standard InChI is InChI=1S/C18H22N2O2.ClH/c1-4-22-18(21)20-10-9-15-13(3)14-7-5-6-8-16(14)19-17(15)12(2)11-20;/h5-8,12H,4,9-11H2,1-3H3;1H. The first-order valence-electron chi connectivity index (χ1n) is 7.91. The highest BCUT2D eigenvalue weighted by molar-refractivity contribution is 5.85. The summed E-state index contributed by atoms with van der Waals surface area (Å²) < 4.78 is 5.16. The van der Waals surface area contributed by atoms with E-state index >= 15 is 0 Å². The van der Waals surface area contributed by atoms with Crippen LogP contribution < -0.4 is 0 Å². The van der Waals surface area contributed by atoms with Crippen LogP contribution in [0.5, 0.6) is 0 Å². The predicted octanol–water partition coefficient (Wildman–Crippen LogP) is 4.08. The molecule has 1 unspecified atom stereocenters. The van der Waals surface area contributed by atoms with E-state index in [4.69, 9.17) is 9.72 Å². The Labute approximate surface area is 143 Å². The van der Waals surface area contributed by atoms with E-state index in [1.54, 1.807) is 4.90 Å². The van der Waals surface area contributed by atoms with Crippen LogP contribution in [0.4, 0.5) is 4.79 Å². The molecule has 2 heterocycles. The number of nitrogens with zero attached hydrogens (tertiary/aromatic N) is 2. The van der Waals surface area contributed by atoms with Gasteiger partial charge >= 0.3 is 6.09 Å². The summed E-state index contributed by atoms with van der Waals surface area (Å²) >= 11 is 0. The van der Waals surface area contributed by atoms with Crippen molar-refractivity contribution in [3.05, 3.63) is 41.1 Å². The molecule has 0 saturated heterocycles. The first-order chi connectivity index (χ1) is 10.6. The van der Waals surface area contributed by atoms with E-state index in [1.165, 1.54) is 16.5 Å². The fourth-order valence-electron chi connectivity index (χ4n) is 3.30. The Bertz CT molecular complexity index is 717. The van der Waals surface area contributed by atoms with Gasteiger partial charge in [-0.3, -0.25) is 4.98 Å². The van der Waals surface area contributed by atoms with Crippen LogP contribution in [-0.2, 0) is 11.2 Å². The van der Waals surface area contributed by atoms with Crippen LogP contribution in [0.2, 0.25) is 0 Å². The third kappa shape index (κ3) is 3.27. The first kappa shape index (κ1) is 17.5. The number of rotatable bonds is 1. The average Bonchev–Trinajstić information content (AvgIpc) is 2.68. The molecule has 2 aromatic rings. The van der Waals surface area contributed by atoms with Gasteiger partial charge in [-0.2, -0.15) is 0 Å². The molecule has 0 bridgehead atoms. The van der Waals surface area contributed by atoms with Crippen molar-refractivity contribution in [3.8, 4) is 0 Å². The molecule has 1 aromatic heterocycles. The van der Waals surface area contributed by atoms with Gasteiger partial charge in [-0.1, -0.05) is 25.1 Å². The molecule has 0 N–H and O–H groups in total. The van der Waals surface area contributed by atoms with Crippen molar-refractivity contribution in [2.75, 3.05) is 19.7 Å². The molecular formula is C18H23ClN2O2. The highest BCUT2D eigenvalue weighted by atomic mass is 35.5. The average molecular weight is 335 g/mol. The quantitative estimate of drug-likeness (QED) is 0.789. The maximum absolute atomic E-state index is 12.0. The Kier molecular flexibility index (Phi) is 5.47. The third-order valence-corrected chi connectivity index (χ3v) is 4.43.